The minimum atomic E-state index is 0.958. The summed E-state index contributed by atoms with van der Waals surface area (Å²) in [5.74, 6) is 2.08. The fourth-order valence-corrected chi connectivity index (χ4v) is 2.22. The van der Waals surface area contributed by atoms with Crippen molar-refractivity contribution in [2.24, 2.45) is 0 Å². The zero-order valence-corrected chi connectivity index (χ0v) is 10.1. The second kappa shape index (κ2) is 5.73. The Bertz CT molecular complexity index is 317. The fraction of sp³-hybridized carbons (Fsp3) is 0.615. The molecular weight excluding hydrogens is 198 g/mol. The van der Waals surface area contributed by atoms with Crippen molar-refractivity contribution < 1.29 is 0 Å². The van der Waals surface area contributed by atoms with Gasteiger partial charge in [0.15, 0.2) is 0 Å². The molecule has 3 heteroatoms. The van der Waals surface area contributed by atoms with Crippen LogP contribution in [0.5, 0.6) is 0 Å². The van der Waals surface area contributed by atoms with Gasteiger partial charge in [0.05, 0.1) is 0 Å². The zero-order valence-electron chi connectivity index (χ0n) is 10.1. The summed E-state index contributed by atoms with van der Waals surface area (Å²) in [5.41, 5.74) is 0. The Labute approximate surface area is 97.9 Å². The van der Waals surface area contributed by atoms with Crippen molar-refractivity contribution in [3.8, 4) is 0 Å². The summed E-state index contributed by atoms with van der Waals surface area (Å²) in [6.07, 6.45) is 6.72. The molecule has 0 radical (unpaired) electrons. The molecule has 1 aromatic rings. The van der Waals surface area contributed by atoms with Crippen LogP contribution < -0.4 is 10.2 Å². The molecule has 2 rings (SSSR count). The van der Waals surface area contributed by atoms with Gasteiger partial charge in [-0.2, -0.15) is 0 Å². The first-order valence-electron chi connectivity index (χ1n) is 6.30. The van der Waals surface area contributed by atoms with Gasteiger partial charge >= 0.3 is 0 Å². The average molecular weight is 219 g/mol. The lowest BCUT2D eigenvalue weighted by atomic mass is 10.1. The van der Waals surface area contributed by atoms with Crippen LogP contribution in [0.15, 0.2) is 18.2 Å². The topological polar surface area (TPSA) is 28.2 Å². The van der Waals surface area contributed by atoms with Crippen LogP contribution in [0.25, 0.3) is 0 Å². The first-order chi connectivity index (χ1) is 7.90. The van der Waals surface area contributed by atoms with Crippen molar-refractivity contribution in [2.45, 2.75) is 32.1 Å². The quantitative estimate of drug-likeness (QED) is 0.829. The average Bonchev–Trinajstić information content (AvgIpc) is 2.29. The van der Waals surface area contributed by atoms with Gasteiger partial charge in [-0.25, -0.2) is 4.98 Å². The highest BCUT2D eigenvalue weighted by atomic mass is 15.2. The number of aromatic nitrogens is 1. The predicted octanol–water partition coefficient (Wildman–Crippen LogP) is 2.89. The van der Waals surface area contributed by atoms with Gasteiger partial charge in [-0.3, -0.25) is 0 Å². The molecule has 1 saturated heterocycles. The molecule has 1 N–H and O–H groups in total. The lowest BCUT2D eigenvalue weighted by Gasteiger charge is -2.26. The summed E-state index contributed by atoms with van der Waals surface area (Å²) in [6, 6.07) is 6.20. The molecule has 0 atom stereocenters. The maximum atomic E-state index is 4.60. The van der Waals surface area contributed by atoms with Gasteiger partial charge in [-0.1, -0.05) is 25.3 Å². The third-order valence-electron chi connectivity index (χ3n) is 3.17. The summed E-state index contributed by atoms with van der Waals surface area (Å²) < 4.78 is 0. The molecule has 1 aliphatic heterocycles. The molecule has 1 aliphatic rings. The highest BCUT2D eigenvalue weighted by Crippen LogP contribution is 2.18. The minimum absolute atomic E-state index is 0.958. The monoisotopic (exact) mass is 219 g/mol. The van der Waals surface area contributed by atoms with Gasteiger partial charge in [-0.05, 0) is 25.0 Å². The Balaban J connectivity index is 2.07. The van der Waals surface area contributed by atoms with Crippen molar-refractivity contribution in [3.63, 3.8) is 0 Å². The van der Waals surface area contributed by atoms with Crippen LogP contribution in [0, 0.1) is 0 Å². The van der Waals surface area contributed by atoms with Crippen molar-refractivity contribution in [2.75, 3.05) is 30.4 Å². The van der Waals surface area contributed by atoms with Crippen LogP contribution >= 0.6 is 0 Å². The van der Waals surface area contributed by atoms with Gasteiger partial charge in [0.25, 0.3) is 0 Å². The van der Waals surface area contributed by atoms with Gasteiger partial charge in [0.1, 0.15) is 11.6 Å². The molecule has 88 valence electrons. The molecule has 0 amide bonds. The van der Waals surface area contributed by atoms with E-state index in [2.05, 4.69) is 27.3 Å². The zero-order chi connectivity index (χ0) is 11.2. The Hall–Kier alpha value is -1.25. The van der Waals surface area contributed by atoms with E-state index >= 15 is 0 Å². The number of hydrogen-bond acceptors (Lipinski definition) is 3. The molecule has 0 unspecified atom stereocenters. The lowest BCUT2D eigenvalue weighted by Crippen LogP contribution is -2.27. The summed E-state index contributed by atoms with van der Waals surface area (Å²) in [7, 11) is 1.92. The minimum Gasteiger partial charge on any atom is -0.373 e. The second-order valence-corrected chi connectivity index (χ2v) is 4.39. The van der Waals surface area contributed by atoms with E-state index in [9.17, 15) is 0 Å². The maximum absolute atomic E-state index is 4.60. The lowest BCUT2D eigenvalue weighted by molar-refractivity contribution is 0.554. The van der Waals surface area contributed by atoms with Crippen LogP contribution in [-0.2, 0) is 0 Å². The third-order valence-corrected chi connectivity index (χ3v) is 3.17. The molecule has 0 aromatic carbocycles. The molecule has 3 nitrogen and oxygen atoms in total. The molecule has 2 heterocycles. The molecule has 1 fully saturated rings. The normalized spacial score (nSPS) is 17.7. The Morgan fingerprint density at radius 3 is 2.44 bits per heavy atom. The van der Waals surface area contributed by atoms with Crippen LogP contribution in [0.4, 0.5) is 11.6 Å². The highest BCUT2D eigenvalue weighted by molar-refractivity contribution is 5.46. The third kappa shape index (κ3) is 2.87. The van der Waals surface area contributed by atoms with Gasteiger partial charge < -0.3 is 10.2 Å². The van der Waals surface area contributed by atoms with Gasteiger partial charge in [-0.15, -0.1) is 0 Å². The van der Waals surface area contributed by atoms with E-state index in [0.717, 1.165) is 24.7 Å². The number of nitrogens with zero attached hydrogens (tertiary/aromatic N) is 2. The van der Waals surface area contributed by atoms with E-state index < -0.39 is 0 Å². The van der Waals surface area contributed by atoms with E-state index in [0.29, 0.717) is 0 Å². The smallest absolute Gasteiger partial charge is 0.130 e. The molecule has 0 aliphatic carbocycles. The van der Waals surface area contributed by atoms with Crippen molar-refractivity contribution in [3.05, 3.63) is 18.2 Å². The fourth-order valence-electron chi connectivity index (χ4n) is 2.22. The molecule has 0 bridgehead atoms. The molecular formula is C13H21N3. The largest absolute Gasteiger partial charge is 0.373 e. The predicted molar refractivity (Wildman–Crippen MR) is 69.1 cm³/mol. The summed E-state index contributed by atoms with van der Waals surface area (Å²) in [5, 5.41) is 3.10. The molecule has 16 heavy (non-hydrogen) atoms. The number of pyridine rings is 1. The summed E-state index contributed by atoms with van der Waals surface area (Å²) in [4.78, 5) is 7.02. The van der Waals surface area contributed by atoms with E-state index in [-0.39, 0.29) is 0 Å². The summed E-state index contributed by atoms with van der Waals surface area (Å²) >= 11 is 0. The Morgan fingerprint density at radius 2 is 1.75 bits per heavy atom. The number of anilines is 2. The standard InChI is InChI=1S/C13H21N3/c1-14-12-8-7-9-13(15-12)16-10-5-3-2-4-6-11-16/h7-9H,2-6,10-11H2,1H3,(H,14,15). The SMILES string of the molecule is CNc1cccc(N2CCCCCCC2)n1. The van der Waals surface area contributed by atoms with Crippen molar-refractivity contribution >= 4 is 11.6 Å². The first kappa shape index (κ1) is 11.2. The van der Waals surface area contributed by atoms with E-state index in [1.807, 2.05) is 13.1 Å². The molecule has 1 aromatic heterocycles. The van der Waals surface area contributed by atoms with E-state index in [1.54, 1.807) is 0 Å². The molecule has 0 spiro atoms. The van der Waals surface area contributed by atoms with Crippen LogP contribution in [0.2, 0.25) is 0 Å². The van der Waals surface area contributed by atoms with Crippen molar-refractivity contribution in [1.82, 2.24) is 4.98 Å². The van der Waals surface area contributed by atoms with Gasteiger partial charge in [0.2, 0.25) is 0 Å². The molecule has 0 saturated carbocycles. The van der Waals surface area contributed by atoms with Crippen LogP contribution in [0.3, 0.4) is 0 Å². The number of nitrogens with one attached hydrogen (secondary N) is 1. The van der Waals surface area contributed by atoms with Gasteiger partial charge in [0, 0.05) is 20.1 Å². The first-order valence-corrected chi connectivity index (χ1v) is 6.30. The second-order valence-electron chi connectivity index (χ2n) is 4.39. The van der Waals surface area contributed by atoms with E-state index in [4.69, 9.17) is 0 Å². The number of rotatable bonds is 2. The maximum Gasteiger partial charge on any atom is 0.130 e. The highest BCUT2D eigenvalue weighted by Gasteiger charge is 2.10. The summed E-state index contributed by atoms with van der Waals surface area (Å²) in [6.45, 7) is 2.31. The Kier molecular flexibility index (Phi) is 4.03. The van der Waals surface area contributed by atoms with E-state index in [1.165, 1.54) is 32.1 Å². The van der Waals surface area contributed by atoms with Crippen LogP contribution in [-0.4, -0.2) is 25.1 Å². The number of hydrogen-bond donors (Lipinski definition) is 1. The van der Waals surface area contributed by atoms with Crippen molar-refractivity contribution in [1.29, 1.82) is 0 Å². The van der Waals surface area contributed by atoms with Crippen LogP contribution in [0.1, 0.15) is 32.1 Å². The Morgan fingerprint density at radius 1 is 1.06 bits per heavy atom.